The number of benzene rings is 1. The molecule has 0 fully saturated rings. The van der Waals surface area contributed by atoms with Crippen molar-refractivity contribution in [3.05, 3.63) is 47.9 Å². The van der Waals surface area contributed by atoms with Crippen molar-refractivity contribution in [2.45, 2.75) is 20.4 Å². The molecule has 2 rings (SSSR count). The molecule has 0 aliphatic rings. The minimum Gasteiger partial charge on any atom is -0.468 e. The van der Waals surface area contributed by atoms with Crippen LogP contribution in [-0.4, -0.2) is 23.9 Å². The number of nitrogens with zero attached hydrogens (tertiary/aromatic N) is 1. The molecule has 0 saturated carbocycles. The van der Waals surface area contributed by atoms with Crippen LogP contribution >= 0.6 is 0 Å². The Kier molecular flexibility index (Phi) is 5.00. The van der Waals surface area contributed by atoms with Gasteiger partial charge in [-0.3, -0.25) is 9.69 Å². The molecule has 2 aromatic rings. The molecule has 1 aromatic heterocycles. The van der Waals surface area contributed by atoms with Crippen molar-refractivity contribution in [1.29, 1.82) is 0 Å². The second-order valence-electron chi connectivity index (χ2n) is 5.00. The standard InChI is InChI=1S/C16H21N3O2/c1-3-19(10-14-5-4-8-21-14)11-16(20)18-13-7-6-12(2)15(17)9-13/h4-9H,3,10-11,17H2,1-2H3,(H,18,20). The van der Waals surface area contributed by atoms with Gasteiger partial charge in [0, 0.05) is 11.4 Å². The van der Waals surface area contributed by atoms with E-state index in [1.54, 1.807) is 12.3 Å². The Morgan fingerprint density at radius 1 is 1.38 bits per heavy atom. The van der Waals surface area contributed by atoms with Gasteiger partial charge in [-0.05, 0) is 43.3 Å². The number of hydrogen-bond acceptors (Lipinski definition) is 4. The van der Waals surface area contributed by atoms with Crippen molar-refractivity contribution in [3.63, 3.8) is 0 Å². The Morgan fingerprint density at radius 3 is 2.81 bits per heavy atom. The lowest BCUT2D eigenvalue weighted by atomic mass is 10.2. The molecule has 21 heavy (non-hydrogen) atoms. The van der Waals surface area contributed by atoms with E-state index in [1.165, 1.54) is 0 Å². The van der Waals surface area contributed by atoms with Gasteiger partial charge in [-0.25, -0.2) is 0 Å². The zero-order valence-corrected chi connectivity index (χ0v) is 12.4. The quantitative estimate of drug-likeness (QED) is 0.801. The van der Waals surface area contributed by atoms with Crippen molar-refractivity contribution in [2.24, 2.45) is 0 Å². The minimum absolute atomic E-state index is 0.0633. The summed E-state index contributed by atoms with van der Waals surface area (Å²) in [5.74, 6) is 0.788. The topological polar surface area (TPSA) is 71.5 Å². The number of aryl methyl sites for hydroxylation is 1. The summed E-state index contributed by atoms with van der Waals surface area (Å²) in [6.45, 7) is 5.64. The van der Waals surface area contributed by atoms with Crippen LogP contribution in [0.15, 0.2) is 41.0 Å². The fraction of sp³-hybridized carbons (Fsp3) is 0.312. The normalized spacial score (nSPS) is 10.8. The van der Waals surface area contributed by atoms with Gasteiger partial charge in [0.2, 0.25) is 5.91 Å². The van der Waals surface area contributed by atoms with E-state index in [1.807, 2.05) is 43.0 Å². The molecular formula is C16H21N3O2. The van der Waals surface area contributed by atoms with Crippen LogP contribution in [0, 0.1) is 6.92 Å². The zero-order valence-electron chi connectivity index (χ0n) is 12.4. The van der Waals surface area contributed by atoms with E-state index in [2.05, 4.69) is 5.32 Å². The zero-order chi connectivity index (χ0) is 15.2. The fourth-order valence-corrected chi connectivity index (χ4v) is 2.02. The van der Waals surface area contributed by atoms with Gasteiger partial charge in [-0.2, -0.15) is 0 Å². The van der Waals surface area contributed by atoms with Gasteiger partial charge in [-0.15, -0.1) is 0 Å². The number of furan rings is 1. The molecule has 0 spiro atoms. The summed E-state index contributed by atoms with van der Waals surface area (Å²) in [6, 6.07) is 9.27. The number of hydrogen-bond donors (Lipinski definition) is 2. The predicted molar refractivity (Wildman–Crippen MR) is 83.9 cm³/mol. The molecule has 0 bridgehead atoms. The Morgan fingerprint density at radius 2 is 2.19 bits per heavy atom. The molecule has 5 heteroatoms. The maximum absolute atomic E-state index is 12.1. The van der Waals surface area contributed by atoms with Crippen molar-refractivity contribution in [2.75, 3.05) is 24.1 Å². The lowest BCUT2D eigenvalue weighted by molar-refractivity contribution is -0.117. The van der Waals surface area contributed by atoms with Crippen molar-refractivity contribution in [3.8, 4) is 0 Å². The summed E-state index contributed by atoms with van der Waals surface area (Å²) in [6.07, 6.45) is 1.64. The van der Waals surface area contributed by atoms with Crippen LogP contribution in [0.3, 0.4) is 0 Å². The van der Waals surface area contributed by atoms with Crippen LogP contribution in [-0.2, 0) is 11.3 Å². The number of amides is 1. The van der Waals surface area contributed by atoms with E-state index >= 15 is 0 Å². The molecule has 1 heterocycles. The highest BCUT2D eigenvalue weighted by Crippen LogP contribution is 2.16. The van der Waals surface area contributed by atoms with Crippen LogP contribution in [0.2, 0.25) is 0 Å². The molecular weight excluding hydrogens is 266 g/mol. The second kappa shape index (κ2) is 6.95. The monoisotopic (exact) mass is 287 g/mol. The number of nitrogens with one attached hydrogen (secondary N) is 1. The molecule has 0 saturated heterocycles. The number of anilines is 2. The predicted octanol–water partition coefficient (Wildman–Crippen LogP) is 2.63. The summed E-state index contributed by atoms with van der Waals surface area (Å²) < 4.78 is 5.30. The van der Waals surface area contributed by atoms with Gasteiger partial charge in [0.15, 0.2) is 0 Å². The summed E-state index contributed by atoms with van der Waals surface area (Å²) in [5, 5.41) is 2.86. The Labute approximate surface area is 124 Å². The SMILES string of the molecule is CCN(CC(=O)Nc1ccc(C)c(N)c1)Cc1ccco1. The molecule has 0 aliphatic heterocycles. The summed E-state index contributed by atoms with van der Waals surface area (Å²) in [4.78, 5) is 14.1. The third kappa shape index (κ3) is 4.36. The molecule has 112 valence electrons. The Hall–Kier alpha value is -2.27. The molecule has 0 aliphatic carbocycles. The van der Waals surface area contributed by atoms with Gasteiger partial charge >= 0.3 is 0 Å². The maximum atomic E-state index is 12.1. The molecule has 0 unspecified atom stereocenters. The lowest BCUT2D eigenvalue weighted by Crippen LogP contribution is -2.32. The number of carbonyl (C=O) groups is 1. The van der Waals surface area contributed by atoms with Gasteiger partial charge in [0.1, 0.15) is 5.76 Å². The number of likely N-dealkylation sites (N-methyl/N-ethyl adjacent to an activating group) is 1. The number of carbonyl (C=O) groups excluding carboxylic acids is 1. The van der Waals surface area contributed by atoms with Crippen LogP contribution < -0.4 is 11.1 Å². The van der Waals surface area contributed by atoms with E-state index in [9.17, 15) is 4.79 Å². The maximum Gasteiger partial charge on any atom is 0.238 e. The summed E-state index contributed by atoms with van der Waals surface area (Å²) >= 11 is 0. The smallest absolute Gasteiger partial charge is 0.238 e. The molecule has 1 amide bonds. The fourth-order valence-electron chi connectivity index (χ4n) is 2.02. The van der Waals surface area contributed by atoms with Crippen molar-refractivity contribution < 1.29 is 9.21 Å². The second-order valence-corrected chi connectivity index (χ2v) is 5.00. The van der Waals surface area contributed by atoms with Gasteiger partial charge < -0.3 is 15.5 Å². The van der Waals surface area contributed by atoms with Gasteiger partial charge in [0.05, 0.1) is 19.4 Å². The third-order valence-corrected chi connectivity index (χ3v) is 3.34. The Balaban J connectivity index is 1.91. The van der Waals surface area contributed by atoms with Gasteiger partial charge in [-0.1, -0.05) is 13.0 Å². The first-order chi connectivity index (χ1) is 10.1. The van der Waals surface area contributed by atoms with Gasteiger partial charge in [0.25, 0.3) is 0 Å². The molecule has 1 aromatic carbocycles. The van der Waals surface area contributed by atoms with Crippen molar-refractivity contribution >= 4 is 17.3 Å². The minimum atomic E-state index is -0.0633. The van der Waals surface area contributed by atoms with Crippen LogP contribution in [0.5, 0.6) is 0 Å². The summed E-state index contributed by atoms with van der Waals surface area (Å²) in [7, 11) is 0. The number of nitrogen functional groups attached to an aromatic ring is 1. The third-order valence-electron chi connectivity index (χ3n) is 3.34. The highest BCUT2D eigenvalue weighted by atomic mass is 16.3. The molecule has 0 radical (unpaired) electrons. The number of rotatable bonds is 6. The summed E-state index contributed by atoms with van der Waals surface area (Å²) in [5.41, 5.74) is 8.24. The first-order valence-corrected chi connectivity index (χ1v) is 6.99. The highest BCUT2D eigenvalue weighted by molar-refractivity contribution is 5.92. The van der Waals surface area contributed by atoms with Crippen LogP contribution in [0.1, 0.15) is 18.2 Å². The molecule has 5 nitrogen and oxygen atoms in total. The largest absolute Gasteiger partial charge is 0.468 e. The molecule has 3 N–H and O–H groups in total. The Bertz CT molecular complexity index is 594. The van der Waals surface area contributed by atoms with Crippen molar-refractivity contribution in [1.82, 2.24) is 4.90 Å². The van der Waals surface area contributed by atoms with E-state index in [0.29, 0.717) is 18.8 Å². The average molecular weight is 287 g/mol. The van der Waals surface area contributed by atoms with Crippen LogP contribution in [0.4, 0.5) is 11.4 Å². The van der Waals surface area contributed by atoms with E-state index in [0.717, 1.165) is 23.6 Å². The first kappa shape index (κ1) is 15.1. The van der Waals surface area contributed by atoms with Crippen LogP contribution in [0.25, 0.3) is 0 Å². The van der Waals surface area contributed by atoms with E-state index in [-0.39, 0.29) is 5.91 Å². The lowest BCUT2D eigenvalue weighted by Gasteiger charge is -2.18. The average Bonchev–Trinajstić information content (AvgIpc) is 2.95. The molecule has 0 atom stereocenters. The highest BCUT2D eigenvalue weighted by Gasteiger charge is 2.11. The number of nitrogens with two attached hydrogens (primary N) is 1. The first-order valence-electron chi connectivity index (χ1n) is 6.99. The van der Waals surface area contributed by atoms with E-state index < -0.39 is 0 Å². The van der Waals surface area contributed by atoms with E-state index in [4.69, 9.17) is 10.2 Å².